The first-order valence-corrected chi connectivity index (χ1v) is 12.6. The fourth-order valence-corrected chi connectivity index (χ4v) is 4.52. The van der Waals surface area contributed by atoms with Gasteiger partial charge >= 0.3 is 0 Å². The summed E-state index contributed by atoms with van der Waals surface area (Å²) in [7, 11) is -3.25. The maximum Gasteiger partial charge on any atom is 0.178 e. The van der Waals surface area contributed by atoms with Crippen LogP contribution >= 0.6 is 11.6 Å². The van der Waals surface area contributed by atoms with Crippen molar-refractivity contribution in [1.29, 1.82) is 0 Å². The second-order valence-corrected chi connectivity index (χ2v) is 10.6. The molecular formula is C25H25ClN2O3S. The highest BCUT2D eigenvalue weighted by atomic mass is 35.5. The minimum absolute atomic E-state index is 0.0553. The molecule has 1 heterocycles. The van der Waals surface area contributed by atoms with Crippen molar-refractivity contribution in [3.05, 3.63) is 83.4 Å². The maximum atomic E-state index is 12.0. The average molecular weight is 469 g/mol. The summed E-state index contributed by atoms with van der Waals surface area (Å²) in [5.74, 6) is 0.664. The molecule has 32 heavy (non-hydrogen) atoms. The van der Waals surface area contributed by atoms with E-state index in [0.717, 1.165) is 11.3 Å². The molecule has 1 atom stereocenters. The van der Waals surface area contributed by atoms with E-state index in [1.165, 1.54) is 11.1 Å². The topological polar surface area (TPSA) is 70.0 Å². The molecule has 0 saturated carbocycles. The van der Waals surface area contributed by atoms with E-state index in [-0.39, 0.29) is 10.6 Å². The van der Waals surface area contributed by atoms with Gasteiger partial charge in [0.25, 0.3) is 0 Å². The second-order valence-electron chi connectivity index (χ2n) is 7.84. The van der Waals surface area contributed by atoms with Gasteiger partial charge in [0.1, 0.15) is 5.84 Å². The second kappa shape index (κ2) is 8.70. The van der Waals surface area contributed by atoms with Crippen LogP contribution in [-0.4, -0.2) is 37.4 Å². The van der Waals surface area contributed by atoms with E-state index < -0.39 is 15.6 Å². The molecule has 2 aliphatic carbocycles. The third kappa shape index (κ3) is 4.44. The van der Waals surface area contributed by atoms with Gasteiger partial charge in [0.05, 0.1) is 17.2 Å². The average Bonchev–Trinajstić information content (AvgIpc) is 3.15. The van der Waals surface area contributed by atoms with Crippen molar-refractivity contribution < 1.29 is 13.5 Å². The van der Waals surface area contributed by atoms with Crippen LogP contribution in [-0.2, 0) is 9.84 Å². The van der Waals surface area contributed by atoms with Crippen LogP contribution in [0.5, 0.6) is 0 Å². The van der Waals surface area contributed by atoms with E-state index in [1.54, 1.807) is 43.3 Å². The number of halogens is 1. The fourth-order valence-electron chi connectivity index (χ4n) is 3.51. The number of aliphatic hydroxyl groups is 1. The van der Waals surface area contributed by atoms with E-state index in [4.69, 9.17) is 11.6 Å². The Balaban J connectivity index is 0.000000346. The molecule has 5 nitrogen and oxygen atoms in total. The number of rotatable bonds is 5. The quantitative estimate of drug-likeness (QED) is 0.439. The van der Waals surface area contributed by atoms with E-state index in [1.807, 2.05) is 24.0 Å². The van der Waals surface area contributed by atoms with Gasteiger partial charge in [-0.2, -0.15) is 0 Å². The zero-order valence-corrected chi connectivity index (χ0v) is 19.6. The van der Waals surface area contributed by atoms with Gasteiger partial charge in [-0.1, -0.05) is 49.7 Å². The van der Waals surface area contributed by atoms with Crippen LogP contribution in [0.25, 0.3) is 11.1 Å². The highest BCUT2D eigenvalue weighted by molar-refractivity contribution is 7.91. The summed E-state index contributed by atoms with van der Waals surface area (Å²) in [6.07, 6.45) is 0.475. The summed E-state index contributed by atoms with van der Waals surface area (Å²) >= 11 is 5.97. The number of aliphatic imine (C=N–C) groups is 1. The highest BCUT2D eigenvalue weighted by Gasteiger charge is 2.37. The third-order valence-electron chi connectivity index (χ3n) is 5.76. The Hall–Kier alpha value is -2.67. The highest BCUT2D eigenvalue weighted by Crippen LogP contribution is 2.31. The molecule has 2 aromatic carbocycles. The first kappa shape index (κ1) is 22.5. The van der Waals surface area contributed by atoms with Crippen LogP contribution in [0, 0.1) is 0 Å². The van der Waals surface area contributed by atoms with Crippen LogP contribution in [0.15, 0.2) is 82.7 Å². The lowest BCUT2D eigenvalue weighted by Gasteiger charge is -2.23. The van der Waals surface area contributed by atoms with Gasteiger partial charge in [0, 0.05) is 16.3 Å². The lowest BCUT2D eigenvalue weighted by molar-refractivity contribution is 0.0633. The van der Waals surface area contributed by atoms with E-state index in [2.05, 4.69) is 29.3 Å². The number of sulfone groups is 1. The minimum atomic E-state index is -3.25. The van der Waals surface area contributed by atoms with Gasteiger partial charge in [-0.3, -0.25) is 0 Å². The zero-order chi connectivity index (χ0) is 22.9. The Morgan fingerprint density at radius 2 is 1.44 bits per heavy atom. The lowest BCUT2D eigenvalue weighted by Crippen LogP contribution is -2.35. The number of fused-ring (bicyclic) bond motifs is 1. The molecular weight excluding hydrogens is 444 g/mol. The van der Waals surface area contributed by atoms with Crippen LogP contribution in [0.2, 0.25) is 5.02 Å². The van der Waals surface area contributed by atoms with Crippen molar-refractivity contribution >= 4 is 33.0 Å². The van der Waals surface area contributed by atoms with E-state index >= 15 is 0 Å². The molecule has 0 aromatic heterocycles. The number of anilines is 1. The molecule has 0 radical (unpaired) electrons. The van der Waals surface area contributed by atoms with Crippen LogP contribution in [0.1, 0.15) is 25.8 Å². The van der Waals surface area contributed by atoms with Gasteiger partial charge in [0.15, 0.2) is 15.6 Å². The fraction of sp³-hybridized carbons (Fsp3) is 0.240. The normalized spacial score (nSPS) is 18.6. The molecule has 0 fully saturated rings. The smallest absolute Gasteiger partial charge is 0.178 e. The van der Waals surface area contributed by atoms with E-state index in [0.29, 0.717) is 23.8 Å². The molecule has 3 aliphatic rings. The number of amidine groups is 1. The standard InChI is InChI=1S/C19H21ClN2O3S.C6H4/c1-3-19(23)13-22(16-9-7-15(20)8-10-16)18(21-19)14-5-11-17(12-6-14)26(24,25)4-2;1-2-6-4-3-5(1)6/h5-12,23H,3-4,13H2,1-2H3;1-4H. The molecule has 1 N–H and O–H groups in total. The lowest BCUT2D eigenvalue weighted by atomic mass is 9.95. The third-order valence-corrected chi connectivity index (χ3v) is 7.76. The van der Waals surface area contributed by atoms with Crippen molar-refractivity contribution in [1.82, 2.24) is 0 Å². The van der Waals surface area contributed by atoms with Crippen LogP contribution < -0.4 is 4.90 Å². The van der Waals surface area contributed by atoms with Crippen molar-refractivity contribution in [2.45, 2.75) is 30.9 Å². The van der Waals surface area contributed by atoms with Crippen molar-refractivity contribution in [2.24, 2.45) is 4.99 Å². The Labute approximate surface area is 193 Å². The summed E-state index contributed by atoms with van der Waals surface area (Å²) < 4.78 is 24.0. The van der Waals surface area contributed by atoms with Gasteiger partial charge < -0.3 is 10.0 Å². The van der Waals surface area contributed by atoms with Gasteiger partial charge in [-0.15, -0.1) is 0 Å². The van der Waals surface area contributed by atoms with Crippen LogP contribution in [0.4, 0.5) is 5.69 Å². The number of hydrogen-bond acceptors (Lipinski definition) is 5. The molecule has 0 bridgehead atoms. The number of nitrogens with zero attached hydrogens (tertiary/aromatic N) is 2. The number of hydrogen-bond donors (Lipinski definition) is 1. The van der Waals surface area contributed by atoms with Gasteiger partial charge in [-0.25, -0.2) is 13.4 Å². The predicted octanol–water partition coefficient (Wildman–Crippen LogP) is 5.17. The molecule has 0 saturated heterocycles. The zero-order valence-electron chi connectivity index (χ0n) is 18.0. The monoisotopic (exact) mass is 468 g/mol. The summed E-state index contributed by atoms with van der Waals surface area (Å²) in [6, 6.07) is 22.4. The molecule has 0 amide bonds. The number of β-amino-alcohol motifs (C(OH)–C–C–N with tert-alkyl or cyclic N) is 1. The molecule has 5 rings (SSSR count). The summed E-state index contributed by atoms with van der Waals surface area (Å²) in [4.78, 5) is 6.72. The van der Waals surface area contributed by atoms with Gasteiger partial charge in [0.2, 0.25) is 0 Å². The van der Waals surface area contributed by atoms with Crippen molar-refractivity contribution in [3.8, 4) is 11.1 Å². The Morgan fingerprint density at radius 1 is 0.906 bits per heavy atom. The summed E-state index contributed by atoms with van der Waals surface area (Å²) in [5, 5.41) is 11.3. The molecule has 1 unspecified atom stereocenters. The molecule has 1 aliphatic heterocycles. The first-order valence-electron chi connectivity index (χ1n) is 10.5. The van der Waals surface area contributed by atoms with Crippen molar-refractivity contribution in [3.63, 3.8) is 0 Å². The summed E-state index contributed by atoms with van der Waals surface area (Å²) in [5.41, 5.74) is 3.29. The predicted molar refractivity (Wildman–Crippen MR) is 130 cm³/mol. The Bertz CT molecular complexity index is 1220. The first-order chi connectivity index (χ1) is 15.2. The molecule has 2 aromatic rings. The Kier molecular flexibility index (Phi) is 6.12. The van der Waals surface area contributed by atoms with Crippen LogP contribution in [0.3, 0.4) is 0 Å². The maximum absolute atomic E-state index is 12.0. The molecule has 7 heteroatoms. The molecule has 166 valence electrons. The summed E-state index contributed by atoms with van der Waals surface area (Å²) in [6.45, 7) is 3.83. The van der Waals surface area contributed by atoms with E-state index in [9.17, 15) is 13.5 Å². The molecule has 0 spiro atoms. The van der Waals surface area contributed by atoms with Crippen molar-refractivity contribution in [2.75, 3.05) is 17.2 Å². The largest absolute Gasteiger partial charge is 0.368 e. The Morgan fingerprint density at radius 3 is 1.88 bits per heavy atom. The van der Waals surface area contributed by atoms with Gasteiger partial charge in [-0.05, 0) is 66.1 Å². The SMILES string of the molecule is CCC1(O)CN(c2ccc(Cl)cc2)C(c2ccc(S(=O)(=O)CC)cc2)=N1.c1cc2ccc1-2. The minimum Gasteiger partial charge on any atom is -0.368 e. The number of benzene rings is 3.